The maximum atomic E-state index is 13.6. The third-order valence-corrected chi connectivity index (χ3v) is 2.59. The lowest BCUT2D eigenvalue weighted by Crippen LogP contribution is -2.04. The van der Waals surface area contributed by atoms with E-state index >= 15 is 0 Å². The van der Waals surface area contributed by atoms with Gasteiger partial charge in [0.1, 0.15) is 5.75 Å². The van der Waals surface area contributed by atoms with Gasteiger partial charge in [-0.05, 0) is 42.5 Å². The van der Waals surface area contributed by atoms with Crippen LogP contribution < -0.4 is 4.74 Å². The quantitative estimate of drug-likeness (QED) is 0.858. The third-order valence-electron chi connectivity index (χ3n) is 2.59. The van der Waals surface area contributed by atoms with Gasteiger partial charge >= 0.3 is 12.1 Å². The molecular weight excluding hydrogens is 292 g/mol. The normalized spacial score (nSPS) is 11.2. The summed E-state index contributed by atoms with van der Waals surface area (Å²) in [6, 6.07) is 6.70. The third kappa shape index (κ3) is 3.50. The molecule has 1 N–H and O–H groups in total. The molecule has 110 valence electrons. The second-order valence-corrected chi connectivity index (χ2v) is 4.07. The van der Waals surface area contributed by atoms with Gasteiger partial charge in [-0.2, -0.15) is 13.2 Å². The molecule has 0 aliphatic heterocycles. The van der Waals surface area contributed by atoms with Gasteiger partial charge in [0.15, 0.2) is 11.6 Å². The molecule has 7 heteroatoms. The molecule has 2 aromatic carbocycles. The van der Waals surface area contributed by atoms with Crippen LogP contribution in [-0.4, -0.2) is 11.1 Å². The standard InChI is InChI=1S/C14H8F4O3/c15-11-7-8(13(19)20)1-6-12(11)21-10-4-2-9(3-5-10)14(16,17)18/h1-7H,(H,19,20). The second-order valence-electron chi connectivity index (χ2n) is 4.07. The number of alkyl halides is 3. The van der Waals surface area contributed by atoms with Crippen molar-refractivity contribution in [1.29, 1.82) is 0 Å². The van der Waals surface area contributed by atoms with Crippen LogP contribution in [-0.2, 0) is 6.18 Å². The summed E-state index contributed by atoms with van der Waals surface area (Å²) < 4.78 is 55.8. The first-order valence-electron chi connectivity index (χ1n) is 5.65. The van der Waals surface area contributed by atoms with Crippen LogP contribution in [0.4, 0.5) is 17.6 Å². The summed E-state index contributed by atoms with van der Waals surface area (Å²) in [7, 11) is 0. The summed E-state index contributed by atoms with van der Waals surface area (Å²) in [4.78, 5) is 10.6. The molecule has 0 heterocycles. The zero-order valence-corrected chi connectivity index (χ0v) is 10.3. The monoisotopic (exact) mass is 300 g/mol. The fraction of sp³-hybridized carbons (Fsp3) is 0.0714. The Balaban J connectivity index is 2.20. The summed E-state index contributed by atoms with van der Waals surface area (Å²) in [5.74, 6) is -2.49. The summed E-state index contributed by atoms with van der Waals surface area (Å²) in [5, 5.41) is 8.68. The van der Waals surface area contributed by atoms with E-state index in [1.54, 1.807) is 0 Å². The van der Waals surface area contributed by atoms with Gasteiger partial charge in [0.05, 0.1) is 11.1 Å². The number of aromatic carboxylic acids is 1. The number of hydrogen-bond donors (Lipinski definition) is 1. The average molecular weight is 300 g/mol. The zero-order valence-electron chi connectivity index (χ0n) is 10.3. The van der Waals surface area contributed by atoms with Crippen LogP contribution in [0, 0.1) is 5.82 Å². The van der Waals surface area contributed by atoms with Crippen molar-refractivity contribution in [3.05, 3.63) is 59.4 Å². The molecule has 2 rings (SSSR count). The molecular formula is C14H8F4O3. The van der Waals surface area contributed by atoms with E-state index in [0.29, 0.717) is 0 Å². The number of carboxylic acids is 1. The molecule has 0 saturated carbocycles. The predicted molar refractivity (Wildman–Crippen MR) is 64.9 cm³/mol. The largest absolute Gasteiger partial charge is 0.478 e. The molecule has 0 fully saturated rings. The Kier molecular flexibility index (Phi) is 3.84. The minimum Gasteiger partial charge on any atom is -0.478 e. The van der Waals surface area contributed by atoms with Crippen molar-refractivity contribution in [2.24, 2.45) is 0 Å². The van der Waals surface area contributed by atoms with Gasteiger partial charge in [0, 0.05) is 0 Å². The first-order chi connectivity index (χ1) is 9.77. The van der Waals surface area contributed by atoms with Crippen molar-refractivity contribution in [3.63, 3.8) is 0 Å². The van der Waals surface area contributed by atoms with E-state index in [1.807, 2.05) is 0 Å². The smallest absolute Gasteiger partial charge is 0.416 e. The van der Waals surface area contributed by atoms with E-state index in [0.717, 1.165) is 42.5 Å². The Morgan fingerprint density at radius 1 is 1.05 bits per heavy atom. The van der Waals surface area contributed by atoms with E-state index in [-0.39, 0.29) is 17.1 Å². The zero-order chi connectivity index (χ0) is 15.6. The molecule has 2 aromatic rings. The highest BCUT2D eigenvalue weighted by atomic mass is 19.4. The molecule has 0 spiro atoms. The van der Waals surface area contributed by atoms with Crippen LogP contribution in [0.15, 0.2) is 42.5 Å². The fourth-order valence-electron chi connectivity index (χ4n) is 1.56. The van der Waals surface area contributed by atoms with Gasteiger partial charge < -0.3 is 9.84 Å². The highest BCUT2D eigenvalue weighted by Gasteiger charge is 2.30. The Hall–Kier alpha value is -2.57. The number of rotatable bonds is 3. The Labute approximate surface area is 116 Å². The number of carboxylic acid groups (broad SMARTS) is 1. The molecule has 0 aliphatic carbocycles. The maximum Gasteiger partial charge on any atom is 0.416 e. The van der Waals surface area contributed by atoms with Crippen molar-refractivity contribution in [2.45, 2.75) is 6.18 Å². The van der Waals surface area contributed by atoms with Crippen molar-refractivity contribution in [1.82, 2.24) is 0 Å². The molecule has 21 heavy (non-hydrogen) atoms. The lowest BCUT2D eigenvalue weighted by Gasteiger charge is -2.09. The lowest BCUT2D eigenvalue weighted by molar-refractivity contribution is -0.137. The Morgan fingerprint density at radius 3 is 2.14 bits per heavy atom. The summed E-state index contributed by atoms with van der Waals surface area (Å²) >= 11 is 0. The van der Waals surface area contributed by atoms with Crippen LogP contribution in [0.5, 0.6) is 11.5 Å². The van der Waals surface area contributed by atoms with Gasteiger partial charge in [-0.25, -0.2) is 9.18 Å². The van der Waals surface area contributed by atoms with Crippen LogP contribution in [0.3, 0.4) is 0 Å². The molecule has 0 bridgehead atoms. The van der Waals surface area contributed by atoms with Crippen molar-refractivity contribution in [3.8, 4) is 11.5 Å². The number of hydrogen-bond acceptors (Lipinski definition) is 2. The van der Waals surface area contributed by atoms with Crippen molar-refractivity contribution >= 4 is 5.97 Å². The summed E-state index contributed by atoms with van der Waals surface area (Å²) in [5.41, 5.74) is -1.11. The van der Waals surface area contributed by atoms with Gasteiger partial charge in [-0.3, -0.25) is 0 Å². The number of benzene rings is 2. The summed E-state index contributed by atoms with van der Waals surface area (Å²) in [6.45, 7) is 0. The Bertz CT molecular complexity index is 663. The van der Waals surface area contributed by atoms with Crippen LogP contribution in [0.1, 0.15) is 15.9 Å². The minimum atomic E-state index is -4.47. The molecule has 0 radical (unpaired) electrons. The highest BCUT2D eigenvalue weighted by Crippen LogP contribution is 2.32. The Morgan fingerprint density at radius 2 is 1.67 bits per heavy atom. The highest BCUT2D eigenvalue weighted by molar-refractivity contribution is 5.87. The molecule has 0 aliphatic rings. The number of carbonyl (C=O) groups is 1. The number of halogens is 4. The van der Waals surface area contributed by atoms with E-state index in [1.165, 1.54) is 0 Å². The molecule has 0 amide bonds. The molecule has 0 saturated heterocycles. The fourth-order valence-corrected chi connectivity index (χ4v) is 1.56. The molecule has 0 unspecified atom stereocenters. The number of ether oxygens (including phenoxy) is 1. The second kappa shape index (κ2) is 5.43. The van der Waals surface area contributed by atoms with Crippen molar-refractivity contribution in [2.75, 3.05) is 0 Å². The minimum absolute atomic E-state index is 0.00461. The molecule has 0 atom stereocenters. The molecule has 0 aromatic heterocycles. The van der Waals surface area contributed by atoms with E-state index in [2.05, 4.69) is 0 Å². The average Bonchev–Trinajstić information content (AvgIpc) is 2.40. The summed E-state index contributed by atoms with van der Waals surface area (Å²) in [6.07, 6.45) is -4.47. The first kappa shape index (κ1) is 14.8. The van der Waals surface area contributed by atoms with E-state index in [9.17, 15) is 22.4 Å². The van der Waals surface area contributed by atoms with E-state index < -0.39 is 23.5 Å². The topological polar surface area (TPSA) is 46.5 Å². The lowest BCUT2D eigenvalue weighted by atomic mass is 10.2. The first-order valence-corrected chi connectivity index (χ1v) is 5.65. The van der Waals surface area contributed by atoms with Crippen LogP contribution in [0.2, 0.25) is 0 Å². The van der Waals surface area contributed by atoms with Gasteiger partial charge in [0.25, 0.3) is 0 Å². The maximum absolute atomic E-state index is 13.6. The molecule has 3 nitrogen and oxygen atoms in total. The van der Waals surface area contributed by atoms with Gasteiger partial charge in [-0.15, -0.1) is 0 Å². The SMILES string of the molecule is O=C(O)c1ccc(Oc2ccc(C(F)(F)F)cc2)c(F)c1. The van der Waals surface area contributed by atoms with Crippen LogP contribution in [0.25, 0.3) is 0 Å². The van der Waals surface area contributed by atoms with Crippen LogP contribution >= 0.6 is 0 Å². The van der Waals surface area contributed by atoms with Gasteiger partial charge in [-0.1, -0.05) is 0 Å². The predicted octanol–water partition coefficient (Wildman–Crippen LogP) is 4.34. The van der Waals surface area contributed by atoms with E-state index in [4.69, 9.17) is 9.84 Å². The van der Waals surface area contributed by atoms with Crippen molar-refractivity contribution < 1.29 is 32.2 Å². The van der Waals surface area contributed by atoms with Gasteiger partial charge in [0.2, 0.25) is 0 Å².